The minimum Gasteiger partial charge on any atom is -0.377 e. The van der Waals surface area contributed by atoms with Crippen LogP contribution in [0.25, 0.3) is 0 Å². The maximum Gasteiger partial charge on any atom is 0.241 e. The van der Waals surface area contributed by atoms with Gasteiger partial charge in [-0.3, -0.25) is 10.1 Å². The summed E-state index contributed by atoms with van der Waals surface area (Å²) < 4.78 is 5.55. The first kappa shape index (κ1) is 15.4. The van der Waals surface area contributed by atoms with Crippen LogP contribution in [0.1, 0.15) is 53.4 Å². The third-order valence-electron chi connectivity index (χ3n) is 3.27. The van der Waals surface area contributed by atoms with E-state index < -0.39 is 0 Å². The fourth-order valence-corrected chi connectivity index (χ4v) is 2.41. The lowest BCUT2D eigenvalue weighted by Crippen LogP contribution is -2.39. The topological polar surface area (TPSA) is 41.6 Å². The van der Waals surface area contributed by atoms with Gasteiger partial charge in [-0.25, -0.2) is 0 Å². The van der Waals surface area contributed by atoms with Crippen molar-refractivity contribution in [3.8, 4) is 0 Å². The van der Waals surface area contributed by atoms with Crippen molar-refractivity contribution < 1.29 is 9.53 Å². The molecule has 1 aliphatic heterocycles. The average molecular weight is 256 g/mol. The maximum absolute atomic E-state index is 12.3. The van der Waals surface area contributed by atoms with Crippen molar-refractivity contribution in [1.82, 2.24) is 10.2 Å². The van der Waals surface area contributed by atoms with Gasteiger partial charge in [0.2, 0.25) is 5.91 Å². The second-order valence-corrected chi connectivity index (χ2v) is 5.26. The van der Waals surface area contributed by atoms with E-state index >= 15 is 0 Å². The Kier molecular flexibility index (Phi) is 6.65. The molecule has 4 nitrogen and oxygen atoms in total. The fraction of sp³-hybridized carbons (Fsp3) is 0.929. The molecule has 1 amide bonds. The third-order valence-corrected chi connectivity index (χ3v) is 3.27. The Morgan fingerprint density at radius 1 is 1.28 bits per heavy atom. The number of rotatable bonds is 8. The number of carbonyl (C=O) groups excluding carboxylic acids is 1. The molecule has 2 atom stereocenters. The molecular weight excluding hydrogens is 228 g/mol. The van der Waals surface area contributed by atoms with E-state index in [-0.39, 0.29) is 24.2 Å². The molecule has 1 aliphatic rings. The number of hydrogen-bond donors (Lipinski definition) is 1. The standard InChI is InChI=1S/C14H28N2O2/c1-5-7-12-14(17)16(9-10-18-11(3)4)13(15-12)8-6-2/h11-13,15H,5-10H2,1-4H3. The summed E-state index contributed by atoms with van der Waals surface area (Å²) in [5.41, 5.74) is 0. The smallest absolute Gasteiger partial charge is 0.241 e. The summed E-state index contributed by atoms with van der Waals surface area (Å²) >= 11 is 0. The summed E-state index contributed by atoms with van der Waals surface area (Å²) in [5, 5.41) is 3.45. The predicted octanol–water partition coefficient (Wildman–Crippen LogP) is 2.14. The highest BCUT2D eigenvalue weighted by Crippen LogP contribution is 2.17. The lowest BCUT2D eigenvalue weighted by atomic mass is 10.2. The van der Waals surface area contributed by atoms with Gasteiger partial charge < -0.3 is 9.64 Å². The minimum atomic E-state index is 0.0191. The van der Waals surface area contributed by atoms with E-state index in [1.54, 1.807) is 0 Å². The van der Waals surface area contributed by atoms with Gasteiger partial charge in [0.1, 0.15) is 0 Å². The van der Waals surface area contributed by atoms with Crippen LogP contribution in [-0.4, -0.2) is 42.3 Å². The van der Waals surface area contributed by atoms with Gasteiger partial charge in [0.15, 0.2) is 0 Å². The second kappa shape index (κ2) is 7.74. The van der Waals surface area contributed by atoms with E-state index in [1.807, 2.05) is 18.7 Å². The molecule has 18 heavy (non-hydrogen) atoms. The molecule has 0 aliphatic carbocycles. The molecule has 0 aromatic carbocycles. The van der Waals surface area contributed by atoms with Gasteiger partial charge in [-0.15, -0.1) is 0 Å². The summed E-state index contributed by atoms with van der Waals surface area (Å²) in [6.45, 7) is 9.65. The number of amides is 1. The van der Waals surface area contributed by atoms with Crippen LogP contribution in [0.15, 0.2) is 0 Å². The van der Waals surface area contributed by atoms with E-state index in [4.69, 9.17) is 4.74 Å². The minimum absolute atomic E-state index is 0.0191. The zero-order chi connectivity index (χ0) is 13.5. The van der Waals surface area contributed by atoms with Gasteiger partial charge in [-0.2, -0.15) is 0 Å². The van der Waals surface area contributed by atoms with Crippen molar-refractivity contribution in [1.29, 1.82) is 0 Å². The summed E-state index contributed by atoms with van der Waals surface area (Å²) in [6.07, 6.45) is 4.51. The molecule has 106 valence electrons. The van der Waals surface area contributed by atoms with Gasteiger partial charge in [-0.1, -0.05) is 26.7 Å². The van der Waals surface area contributed by atoms with Gasteiger partial charge in [0, 0.05) is 6.54 Å². The number of ether oxygens (including phenoxy) is 1. The van der Waals surface area contributed by atoms with Crippen LogP contribution in [0, 0.1) is 0 Å². The Hall–Kier alpha value is -0.610. The highest BCUT2D eigenvalue weighted by Gasteiger charge is 2.37. The summed E-state index contributed by atoms with van der Waals surface area (Å²) in [5.74, 6) is 0.252. The number of hydrogen-bond acceptors (Lipinski definition) is 3. The first-order chi connectivity index (χ1) is 8.60. The van der Waals surface area contributed by atoms with Gasteiger partial charge in [0.25, 0.3) is 0 Å². The van der Waals surface area contributed by atoms with Gasteiger partial charge in [0.05, 0.1) is 24.9 Å². The third kappa shape index (κ3) is 4.25. The van der Waals surface area contributed by atoms with Crippen molar-refractivity contribution in [2.24, 2.45) is 0 Å². The van der Waals surface area contributed by atoms with Crippen molar-refractivity contribution >= 4 is 5.91 Å². The Bertz CT molecular complexity index is 256. The first-order valence-corrected chi connectivity index (χ1v) is 7.28. The molecule has 4 heteroatoms. The normalized spacial score (nSPS) is 24.3. The molecule has 1 saturated heterocycles. The van der Waals surface area contributed by atoms with Crippen molar-refractivity contribution in [3.63, 3.8) is 0 Å². The van der Waals surface area contributed by atoms with Crippen molar-refractivity contribution in [2.75, 3.05) is 13.2 Å². The zero-order valence-corrected chi connectivity index (χ0v) is 12.2. The monoisotopic (exact) mass is 256 g/mol. The van der Waals surface area contributed by atoms with Crippen LogP contribution >= 0.6 is 0 Å². The summed E-state index contributed by atoms with van der Waals surface area (Å²) in [7, 11) is 0. The van der Waals surface area contributed by atoms with Crippen molar-refractivity contribution in [2.45, 2.75) is 71.7 Å². The second-order valence-electron chi connectivity index (χ2n) is 5.26. The molecule has 1 N–H and O–H groups in total. The lowest BCUT2D eigenvalue weighted by Gasteiger charge is -2.24. The van der Waals surface area contributed by atoms with Crippen LogP contribution < -0.4 is 5.32 Å². The summed E-state index contributed by atoms with van der Waals surface area (Å²) in [6, 6.07) is 0.0191. The average Bonchev–Trinajstić information content (AvgIpc) is 2.58. The van der Waals surface area contributed by atoms with E-state index in [2.05, 4.69) is 19.2 Å². The summed E-state index contributed by atoms with van der Waals surface area (Å²) in [4.78, 5) is 14.2. The quantitative estimate of drug-likeness (QED) is 0.723. The Morgan fingerprint density at radius 3 is 2.50 bits per heavy atom. The highest BCUT2D eigenvalue weighted by atomic mass is 16.5. The maximum atomic E-state index is 12.3. The van der Waals surface area contributed by atoms with E-state index in [0.29, 0.717) is 13.2 Å². The molecular formula is C14H28N2O2. The molecule has 1 heterocycles. The predicted molar refractivity (Wildman–Crippen MR) is 73.3 cm³/mol. The molecule has 2 unspecified atom stereocenters. The fourth-order valence-electron chi connectivity index (χ4n) is 2.41. The van der Waals surface area contributed by atoms with Crippen LogP contribution in [0.4, 0.5) is 0 Å². The van der Waals surface area contributed by atoms with Crippen LogP contribution in [0.2, 0.25) is 0 Å². The van der Waals surface area contributed by atoms with E-state index in [0.717, 1.165) is 25.7 Å². The Balaban J connectivity index is 2.51. The highest BCUT2D eigenvalue weighted by molar-refractivity contribution is 5.84. The molecule has 0 aromatic heterocycles. The van der Waals surface area contributed by atoms with Gasteiger partial charge >= 0.3 is 0 Å². The zero-order valence-electron chi connectivity index (χ0n) is 12.2. The molecule has 0 aromatic rings. The van der Waals surface area contributed by atoms with Crippen LogP contribution in [0.5, 0.6) is 0 Å². The molecule has 0 radical (unpaired) electrons. The van der Waals surface area contributed by atoms with Crippen molar-refractivity contribution in [3.05, 3.63) is 0 Å². The molecule has 1 rings (SSSR count). The number of carbonyl (C=O) groups is 1. The lowest BCUT2D eigenvalue weighted by molar-refractivity contribution is -0.131. The van der Waals surface area contributed by atoms with Crippen LogP contribution in [0.3, 0.4) is 0 Å². The molecule has 0 saturated carbocycles. The van der Waals surface area contributed by atoms with E-state index in [1.165, 1.54) is 0 Å². The largest absolute Gasteiger partial charge is 0.377 e. The molecule has 0 bridgehead atoms. The number of nitrogens with one attached hydrogen (secondary N) is 1. The molecule has 0 spiro atoms. The Morgan fingerprint density at radius 2 is 1.94 bits per heavy atom. The molecule has 1 fully saturated rings. The Labute approximate surface area is 111 Å². The number of nitrogens with zero attached hydrogens (tertiary/aromatic N) is 1. The van der Waals surface area contributed by atoms with Crippen LogP contribution in [-0.2, 0) is 9.53 Å². The van der Waals surface area contributed by atoms with Gasteiger partial charge in [-0.05, 0) is 26.7 Å². The van der Waals surface area contributed by atoms with E-state index in [9.17, 15) is 4.79 Å². The first-order valence-electron chi connectivity index (χ1n) is 7.28. The SMILES string of the molecule is CCCC1NC(CCC)N(CCOC(C)C)C1=O.